The maximum Gasteiger partial charge on any atom is 0.224 e. The Morgan fingerprint density at radius 1 is 1.21 bits per heavy atom. The zero-order valence-electron chi connectivity index (χ0n) is 14.8. The normalized spacial score (nSPS) is 17.0. The summed E-state index contributed by atoms with van der Waals surface area (Å²) in [5.74, 6) is 0.667. The number of halogens is 1. The number of hydrogen-bond donors (Lipinski definition) is 1. The van der Waals surface area contributed by atoms with Gasteiger partial charge in [-0.25, -0.2) is 0 Å². The maximum atomic E-state index is 12.3. The molecule has 1 aliphatic rings. The van der Waals surface area contributed by atoms with Gasteiger partial charge in [0, 0.05) is 30.7 Å². The van der Waals surface area contributed by atoms with E-state index in [1.165, 1.54) is 0 Å². The number of nitrogens with one attached hydrogen (secondary N) is 1. The predicted octanol–water partition coefficient (Wildman–Crippen LogP) is 3.14. The van der Waals surface area contributed by atoms with Crippen molar-refractivity contribution in [1.82, 2.24) is 10.2 Å². The van der Waals surface area contributed by atoms with Crippen LogP contribution in [-0.4, -0.2) is 49.7 Å². The van der Waals surface area contributed by atoms with Crippen LogP contribution in [-0.2, 0) is 16.0 Å². The molecule has 4 nitrogen and oxygen atoms in total. The molecule has 1 aliphatic heterocycles. The standard InChI is InChI=1S/C19H29ClN2O2/c1-3-16(4-2)18(22-9-11-24-12-10-22)14-21-19(23)13-15-5-7-17(20)8-6-15/h5-8,16,18H,3-4,9-14H2,1-2H3,(H,21,23). The number of nitrogens with zero attached hydrogens (tertiary/aromatic N) is 1. The molecule has 1 heterocycles. The van der Waals surface area contributed by atoms with Gasteiger partial charge in [-0.05, 0) is 23.6 Å². The van der Waals surface area contributed by atoms with Crippen LogP contribution in [0.1, 0.15) is 32.3 Å². The van der Waals surface area contributed by atoms with Crippen molar-refractivity contribution in [3.8, 4) is 0 Å². The van der Waals surface area contributed by atoms with E-state index in [0.29, 0.717) is 29.9 Å². The van der Waals surface area contributed by atoms with Gasteiger partial charge in [0.2, 0.25) is 5.91 Å². The van der Waals surface area contributed by atoms with Gasteiger partial charge in [-0.3, -0.25) is 9.69 Å². The highest BCUT2D eigenvalue weighted by molar-refractivity contribution is 6.30. The van der Waals surface area contributed by atoms with Gasteiger partial charge in [0.15, 0.2) is 0 Å². The minimum atomic E-state index is 0.0709. The van der Waals surface area contributed by atoms with E-state index in [2.05, 4.69) is 24.1 Å². The first-order valence-corrected chi connectivity index (χ1v) is 9.34. The van der Waals surface area contributed by atoms with Crippen molar-refractivity contribution in [3.63, 3.8) is 0 Å². The first kappa shape index (κ1) is 19.2. The van der Waals surface area contributed by atoms with E-state index in [1.807, 2.05) is 24.3 Å². The van der Waals surface area contributed by atoms with Gasteiger partial charge < -0.3 is 10.1 Å². The fourth-order valence-corrected chi connectivity index (χ4v) is 3.53. The highest BCUT2D eigenvalue weighted by Crippen LogP contribution is 2.19. The minimum absolute atomic E-state index is 0.0709. The van der Waals surface area contributed by atoms with E-state index in [0.717, 1.165) is 44.7 Å². The number of benzene rings is 1. The summed E-state index contributed by atoms with van der Waals surface area (Å²) in [6, 6.07) is 7.85. The largest absolute Gasteiger partial charge is 0.379 e. The van der Waals surface area contributed by atoms with E-state index in [4.69, 9.17) is 16.3 Å². The SMILES string of the molecule is CCC(CC)C(CNC(=O)Cc1ccc(Cl)cc1)N1CCOCC1. The second-order valence-electron chi connectivity index (χ2n) is 6.40. The van der Waals surface area contributed by atoms with Gasteiger partial charge in [-0.2, -0.15) is 0 Å². The Bertz CT molecular complexity index is 497. The molecule has 24 heavy (non-hydrogen) atoms. The molecule has 1 atom stereocenters. The zero-order chi connectivity index (χ0) is 17.4. The van der Waals surface area contributed by atoms with Crippen LogP contribution in [0.25, 0.3) is 0 Å². The van der Waals surface area contributed by atoms with E-state index < -0.39 is 0 Å². The van der Waals surface area contributed by atoms with Gasteiger partial charge in [0.1, 0.15) is 0 Å². The summed E-state index contributed by atoms with van der Waals surface area (Å²) in [6.07, 6.45) is 2.66. The van der Waals surface area contributed by atoms with Gasteiger partial charge in [-0.1, -0.05) is 50.4 Å². The Balaban J connectivity index is 1.90. The molecule has 0 radical (unpaired) electrons. The van der Waals surface area contributed by atoms with Crippen molar-refractivity contribution >= 4 is 17.5 Å². The molecule has 1 aromatic carbocycles. The number of rotatable bonds is 8. The van der Waals surface area contributed by atoms with Crippen molar-refractivity contribution in [1.29, 1.82) is 0 Å². The molecule has 1 N–H and O–H groups in total. The summed E-state index contributed by atoms with van der Waals surface area (Å²) in [7, 11) is 0. The minimum Gasteiger partial charge on any atom is -0.379 e. The lowest BCUT2D eigenvalue weighted by molar-refractivity contribution is -0.120. The molecule has 0 aromatic heterocycles. The molecule has 134 valence electrons. The predicted molar refractivity (Wildman–Crippen MR) is 98.4 cm³/mol. The van der Waals surface area contributed by atoms with E-state index >= 15 is 0 Å². The summed E-state index contributed by atoms with van der Waals surface area (Å²) in [5.41, 5.74) is 0.988. The maximum absolute atomic E-state index is 12.3. The first-order chi connectivity index (χ1) is 11.6. The van der Waals surface area contributed by atoms with E-state index in [9.17, 15) is 4.79 Å². The van der Waals surface area contributed by atoms with Crippen LogP contribution < -0.4 is 5.32 Å². The molecule has 5 heteroatoms. The Labute approximate surface area is 150 Å². The monoisotopic (exact) mass is 352 g/mol. The number of carbonyl (C=O) groups excluding carboxylic acids is 1. The summed E-state index contributed by atoms with van der Waals surface area (Å²) in [6.45, 7) is 8.65. The lowest BCUT2D eigenvalue weighted by Gasteiger charge is -2.38. The van der Waals surface area contributed by atoms with Gasteiger partial charge in [0.05, 0.1) is 19.6 Å². The second-order valence-corrected chi connectivity index (χ2v) is 6.84. The van der Waals surface area contributed by atoms with Crippen LogP contribution in [0.2, 0.25) is 5.02 Å². The van der Waals surface area contributed by atoms with Crippen molar-refractivity contribution in [2.24, 2.45) is 5.92 Å². The summed E-state index contributed by atoms with van der Waals surface area (Å²) in [5, 5.41) is 3.83. The molecule has 1 saturated heterocycles. The lowest BCUT2D eigenvalue weighted by atomic mass is 9.92. The molecular formula is C19H29ClN2O2. The fraction of sp³-hybridized carbons (Fsp3) is 0.632. The van der Waals surface area contributed by atoms with Crippen molar-refractivity contribution in [2.75, 3.05) is 32.8 Å². The average molecular weight is 353 g/mol. The molecular weight excluding hydrogens is 324 g/mol. The highest BCUT2D eigenvalue weighted by Gasteiger charge is 2.27. The van der Waals surface area contributed by atoms with Crippen LogP contribution in [0.5, 0.6) is 0 Å². The third-order valence-corrected chi connectivity index (χ3v) is 5.15. The van der Waals surface area contributed by atoms with Gasteiger partial charge in [0.25, 0.3) is 0 Å². The molecule has 1 fully saturated rings. The van der Waals surface area contributed by atoms with Crippen LogP contribution in [0, 0.1) is 5.92 Å². The molecule has 1 amide bonds. The molecule has 1 aromatic rings. The van der Waals surface area contributed by atoms with Crippen LogP contribution in [0.3, 0.4) is 0 Å². The van der Waals surface area contributed by atoms with Crippen LogP contribution in [0.15, 0.2) is 24.3 Å². The average Bonchev–Trinajstić information content (AvgIpc) is 2.61. The second kappa shape index (κ2) is 10.0. The quantitative estimate of drug-likeness (QED) is 0.781. The lowest BCUT2D eigenvalue weighted by Crippen LogP contribution is -2.52. The number of carbonyl (C=O) groups is 1. The summed E-state index contributed by atoms with van der Waals surface area (Å²) < 4.78 is 5.47. The Morgan fingerprint density at radius 2 is 1.83 bits per heavy atom. The van der Waals surface area contributed by atoms with Crippen molar-refractivity contribution in [3.05, 3.63) is 34.9 Å². The zero-order valence-corrected chi connectivity index (χ0v) is 15.5. The summed E-state index contributed by atoms with van der Waals surface area (Å²) >= 11 is 5.89. The number of ether oxygens (including phenoxy) is 1. The topological polar surface area (TPSA) is 41.6 Å². The van der Waals surface area contributed by atoms with Crippen LogP contribution in [0.4, 0.5) is 0 Å². The molecule has 0 spiro atoms. The van der Waals surface area contributed by atoms with Crippen LogP contribution >= 0.6 is 11.6 Å². The fourth-order valence-electron chi connectivity index (χ4n) is 3.40. The highest BCUT2D eigenvalue weighted by atomic mass is 35.5. The van der Waals surface area contributed by atoms with Gasteiger partial charge >= 0.3 is 0 Å². The van der Waals surface area contributed by atoms with Crippen molar-refractivity contribution < 1.29 is 9.53 Å². The Kier molecular flexibility index (Phi) is 8.03. The number of amides is 1. The molecule has 2 rings (SSSR count). The van der Waals surface area contributed by atoms with Crippen molar-refractivity contribution in [2.45, 2.75) is 39.2 Å². The third kappa shape index (κ3) is 5.76. The molecule has 0 aliphatic carbocycles. The van der Waals surface area contributed by atoms with Gasteiger partial charge in [-0.15, -0.1) is 0 Å². The Hall–Kier alpha value is -1.10. The number of hydrogen-bond acceptors (Lipinski definition) is 3. The molecule has 1 unspecified atom stereocenters. The Morgan fingerprint density at radius 3 is 2.42 bits per heavy atom. The smallest absolute Gasteiger partial charge is 0.224 e. The number of morpholine rings is 1. The van der Waals surface area contributed by atoms with E-state index in [-0.39, 0.29) is 5.91 Å². The third-order valence-electron chi connectivity index (χ3n) is 4.89. The molecule has 0 bridgehead atoms. The summed E-state index contributed by atoms with van der Waals surface area (Å²) in [4.78, 5) is 14.8. The molecule has 0 saturated carbocycles. The first-order valence-electron chi connectivity index (χ1n) is 8.97. The van der Waals surface area contributed by atoms with E-state index in [1.54, 1.807) is 0 Å².